The van der Waals surface area contributed by atoms with Crippen molar-refractivity contribution in [3.05, 3.63) is 81.3 Å². The normalized spacial score (nSPS) is 21.9. The van der Waals surface area contributed by atoms with Gasteiger partial charge in [0, 0.05) is 28.6 Å². The number of halogens is 1. The smallest absolute Gasteiger partial charge is 0.301 e. The maximum atomic E-state index is 13.1. The summed E-state index contributed by atoms with van der Waals surface area (Å²) in [5.41, 5.74) is 2.09. The molecule has 0 aliphatic carbocycles. The molecular weight excluding hydrogens is 436 g/mol. The van der Waals surface area contributed by atoms with E-state index in [4.69, 9.17) is 16.3 Å². The second kappa shape index (κ2) is 7.51. The van der Waals surface area contributed by atoms with Crippen LogP contribution in [0.2, 0.25) is 5.02 Å². The first kappa shape index (κ1) is 19.8. The third-order valence-electron chi connectivity index (χ3n) is 5.42. The van der Waals surface area contributed by atoms with Crippen molar-refractivity contribution < 1.29 is 19.4 Å². The van der Waals surface area contributed by atoms with Crippen LogP contribution in [0.15, 0.2) is 59.6 Å². The van der Waals surface area contributed by atoms with Crippen LogP contribution in [0.1, 0.15) is 29.7 Å². The number of benzene rings is 2. The summed E-state index contributed by atoms with van der Waals surface area (Å²) < 4.78 is 5.73. The fourth-order valence-electron chi connectivity index (χ4n) is 4.05. The van der Waals surface area contributed by atoms with E-state index in [1.807, 2.05) is 13.0 Å². The van der Waals surface area contributed by atoms with E-state index >= 15 is 0 Å². The average molecular weight is 453 g/mol. The van der Waals surface area contributed by atoms with Gasteiger partial charge < -0.3 is 9.84 Å². The first-order valence-corrected chi connectivity index (χ1v) is 11.0. The second-order valence-electron chi connectivity index (χ2n) is 7.49. The van der Waals surface area contributed by atoms with E-state index in [2.05, 4.69) is 4.98 Å². The largest absolute Gasteiger partial charge is 0.507 e. The molecule has 1 aromatic heterocycles. The fourth-order valence-corrected chi connectivity index (χ4v) is 4.84. The average Bonchev–Trinajstić information content (AvgIpc) is 3.46. The number of carbonyl (C=O) groups excluding carboxylic acids is 2. The number of aromatic nitrogens is 1. The van der Waals surface area contributed by atoms with E-state index in [1.165, 1.54) is 16.2 Å². The Morgan fingerprint density at radius 2 is 2.00 bits per heavy atom. The number of ketones is 1. The molecule has 31 heavy (non-hydrogen) atoms. The van der Waals surface area contributed by atoms with Gasteiger partial charge in [0.1, 0.15) is 17.6 Å². The number of hydrogen-bond acceptors (Lipinski definition) is 6. The van der Waals surface area contributed by atoms with E-state index in [9.17, 15) is 14.7 Å². The van der Waals surface area contributed by atoms with Crippen molar-refractivity contribution >= 4 is 45.5 Å². The molecule has 1 N–H and O–H groups in total. The van der Waals surface area contributed by atoms with Crippen LogP contribution in [0, 0.1) is 0 Å². The zero-order valence-electron chi connectivity index (χ0n) is 16.4. The van der Waals surface area contributed by atoms with Gasteiger partial charge in [-0.1, -0.05) is 23.7 Å². The van der Waals surface area contributed by atoms with E-state index < -0.39 is 17.7 Å². The Labute approximate surface area is 187 Å². The van der Waals surface area contributed by atoms with Crippen LogP contribution in [0.5, 0.6) is 5.75 Å². The standard InChI is InChI=1S/C23H17ClN2O4S/c1-12-10-15-11-14(4-7-17(15)30-12)20(27)18-19(13-2-5-16(24)6-3-13)26(22(29)21(18)28)23-25-8-9-31-23/h2-9,11-12,19,27H,10H2,1H3. The molecule has 2 unspecified atom stereocenters. The zero-order valence-corrected chi connectivity index (χ0v) is 18.0. The lowest BCUT2D eigenvalue weighted by molar-refractivity contribution is -0.132. The van der Waals surface area contributed by atoms with Gasteiger partial charge in [0.15, 0.2) is 5.13 Å². The van der Waals surface area contributed by atoms with Gasteiger partial charge in [-0.25, -0.2) is 4.98 Å². The molecule has 5 rings (SSSR count). The number of amides is 1. The number of nitrogens with zero attached hydrogens (tertiary/aromatic N) is 2. The molecule has 1 amide bonds. The first-order valence-electron chi connectivity index (χ1n) is 9.70. The third-order valence-corrected chi connectivity index (χ3v) is 6.45. The lowest BCUT2D eigenvalue weighted by Gasteiger charge is -2.23. The minimum absolute atomic E-state index is 0.0226. The fraction of sp³-hybridized carbons (Fsp3) is 0.174. The summed E-state index contributed by atoms with van der Waals surface area (Å²) >= 11 is 7.29. The molecule has 6 nitrogen and oxygen atoms in total. The van der Waals surface area contributed by atoms with Gasteiger partial charge in [-0.15, -0.1) is 11.3 Å². The van der Waals surface area contributed by atoms with Gasteiger partial charge >= 0.3 is 5.91 Å². The minimum Gasteiger partial charge on any atom is -0.507 e. The number of anilines is 1. The molecule has 2 atom stereocenters. The number of hydrogen-bond donors (Lipinski definition) is 1. The van der Waals surface area contributed by atoms with Crippen LogP contribution in [0.3, 0.4) is 0 Å². The summed E-state index contributed by atoms with van der Waals surface area (Å²) in [6.45, 7) is 1.97. The molecule has 1 fully saturated rings. The number of carbonyl (C=O) groups is 2. The Morgan fingerprint density at radius 1 is 1.23 bits per heavy atom. The van der Waals surface area contributed by atoms with Gasteiger partial charge in [-0.3, -0.25) is 14.5 Å². The second-order valence-corrected chi connectivity index (χ2v) is 8.80. The number of Topliss-reactive ketones (excluding diaryl/α,β-unsaturated/α-hetero) is 1. The van der Waals surface area contributed by atoms with Crippen LogP contribution in [-0.2, 0) is 16.0 Å². The van der Waals surface area contributed by atoms with E-state index in [0.29, 0.717) is 27.7 Å². The summed E-state index contributed by atoms with van der Waals surface area (Å²) in [4.78, 5) is 31.6. The predicted octanol–water partition coefficient (Wildman–Crippen LogP) is 4.75. The number of ether oxygens (including phenoxy) is 1. The Morgan fingerprint density at radius 3 is 2.71 bits per heavy atom. The van der Waals surface area contributed by atoms with Crippen molar-refractivity contribution in [2.24, 2.45) is 0 Å². The summed E-state index contributed by atoms with van der Waals surface area (Å²) in [7, 11) is 0. The van der Waals surface area contributed by atoms with Crippen molar-refractivity contribution in [2.45, 2.75) is 25.5 Å². The molecule has 0 bridgehead atoms. The summed E-state index contributed by atoms with van der Waals surface area (Å²) in [6.07, 6.45) is 2.33. The number of fused-ring (bicyclic) bond motifs is 1. The number of rotatable bonds is 3. The van der Waals surface area contributed by atoms with Crippen LogP contribution >= 0.6 is 22.9 Å². The van der Waals surface area contributed by atoms with Gasteiger partial charge in [0.05, 0.1) is 11.6 Å². The molecule has 0 spiro atoms. The third kappa shape index (κ3) is 3.30. The van der Waals surface area contributed by atoms with Crippen LogP contribution in [-0.4, -0.2) is 27.9 Å². The Balaban J connectivity index is 1.68. The van der Waals surface area contributed by atoms with Gasteiger partial charge in [-0.2, -0.15) is 0 Å². The topological polar surface area (TPSA) is 79.7 Å². The lowest BCUT2D eigenvalue weighted by Crippen LogP contribution is -2.29. The maximum absolute atomic E-state index is 13.1. The predicted molar refractivity (Wildman–Crippen MR) is 119 cm³/mol. The number of aliphatic hydroxyl groups excluding tert-OH is 1. The molecule has 2 aliphatic heterocycles. The zero-order chi connectivity index (χ0) is 21.7. The van der Waals surface area contributed by atoms with E-state index in [-0.39, 0.29) is 17.4 Å². The van der Waals surface area contributed by atoms with Crippen molar-refractivity contribution in [1.82, 2.24) is 4.98 Å². The Bertz CT molecular complexity index is 1220. The Kier molecular flexibility index (Phi) is 4.79. The highest BCUT2D eigenvalue weighted by molar-refractivity contribution is 7.14. The SMILES string of the molecule is CC1Cc2cc(C(O)=C3C(=O)C(=O)N(c4nccs4)C3c3ccc(Cl)cc3)ccc2O1. The number of aliphatic hydroxyl groups is 1. The molecule has 8 heteroatoms. The van der Waals surface area contributed by atoms with Crippen molar-refractivity contribution in [3.63, 3.8) is 0 Å². The van der Waals surface area contributed by atoms with E-state index in [0.717, 1.165) is 11.3 Å². The van der Waals surface area contributed by atoms with Gasteiger partial charge in [0.25, 0.3) is 5.78 Å². The minimum atomic E-state index is -0.813. The number of thiazole rings is 1. The monoisotopic (exact) mass is 452 g/mol. The Hall–Kier alpha value is -3.16. The maximum Gasteiger partial charge on any atom is 0.301 e. The molecule has 0 saturated carbocycles. The lowest BCUT2D eigenvalue weighted by atomic mass is 9.94. The molecule has 2 aliphatic rings. The molecule has 1 saturated heterocycles. The van der Waals surface area contributed by atoms with Crippen molar-refractivity contribution in [3.8, 4) is 5.75 Å². The highest BCUT2D eigenvalue weighted by atomic mass is 35.5. The quantitative estimate of drug-likeness (QED) is 0.352. The van der Waals surface area contributed by atoms with Crippen molar-refractivity contribution in [1.29, 1.82) is 0 Å². The molecule has 156 valence electrons. The molecule has 3 heterocycles. The summed E-state index contributed by atoms with van der Waals surface area (Å²) in [5.74, 6) is -0.937. The van der Waals surface area contributed by atoms with Crippen LogP contribution in [0.25, 0.3) is 5.76 Å². The highest BCUT2D eigenvalue weighted by Gasteiger charge is 2.48. The van der Waals surface area contributed by atoms with Crippen molar-refractivity contribution in [2.75, 3.05) is 4.90 Å². The summed E-state index contributed by atoms with van der Waals surface area (Å²) in [6, 6.07) is 11.3. The molecule has 3 aromatic rings. The molecule has 0 radical (unpaired) electrons. The van der Waals surface area contributed by atoms with E-state index in [1.54, 1.807) is 48.0 Å². The van der Waals surface area contributed by atoms with Gasteiger partial charge in [-0.05, 0) is 48.4 Å². The van der Waals surface area contributed by atoms with Crippen LogP contribution in [0.4, 0.5) is 5.13 Å². The summed E-state index contributed by atoms with van der Waals surface area (Å²) in [5, 5.41) is 13.9. The van der Waals surface area contributed by atoms with Gasteiger partial charge in [0.2, 0.25) is 0 Å². The molecule has 2 aromatic carbocycles. The van der Waals surface area contributed by atoms with Crippen LogP contribution < -0.4 is 9.64 Å². The highest BCUT2D eigenvalue weighted by Crippen LogP contribution is 2.43. The first-order chi connectivity index (χ1) is 14.9. The molecular formula is C23H17ClN2O4S.